The second kappa shape index (κ2) is 10.4. The first kappa shape index (κ1) is 16.7. The molecular weight excluding hydrogens is 264 g/mol. The standard InChI is InChI=1S/C12H22N4O4/c13-15-14-9-11-8-12(18)16(10-11)2-1-4-19-6-7-20-5-3-17/h11,17H,1-10H2. The fraction of sp³-hybridized carbons (Fsp3) is 0.917. The molecule has 8 nitrogen and oxygen atoms in total. The molecule has 0 spiro atoms. The summed E-state index contributed by atoms with van der Waals surface area (Å²) in [7, 11) is 0. The molecule has 1 amide bonds. The van der Waals surface area contributed by atoms with Gasteiger partial charge in [-0.1, -0.05) is 5.11 Å². The van der Waals surface area contributed by atoms with Crippen molar-refractivity contribution in [1.29, 1.82) is 0 Å². The van der Waals surface area contributed by atoms with Crippen LogP contribution in [0.25, 0.3) is 10.4 Å². The molecule has 1 saturated heterocycles. The molecule has 0 aliphatic carbocycles. The van der Waals surface area contributed by atoms with Crippen molar-refractivity contribution in [1.82, 2.24) is 4.90 Å². The molecule has 1 aliphatic rings. The Morgan fingerprint density at radius 2 is 2.10 bits per heavy atom. The number of azide groups is 1. The maximum Gasteiger partial charge on any atom is 0.222 e. The number of likely N-dealkylation sites (tertiary alicyclic amines) is 1. The smallest absolute Gasteiger partial charge is 0.222 e. The molecular formula is C12H22N4O4. The monoisotopic (exact) mass is 286 g/mol. The molecule has 1 rings (SSSR count). The lowest BCUT2D eigenvalue weighted by Gasteiger charge is -2.16. The number of carbonyl (C=O) groups is 1. The van der Waals surface area contributed by atoms with E-state index in [4.69, 9.17) is 20.1 Å². The third kappa shape index (κ3) is 6.72. The minimum absolute atomic E-state index is 0.0219. The van der Waals surface area contributed by atoms with Crippen molar-refractivity contribution < 1.29 is 19.4 Å². The van der Waals surface area contributed by atoms with Crippen LogP contribution in [0, 0.1) is 5.92 Å². The molecule has 0 aromatic heterocycles. The van der Waals surface area contributed by atoms with E-state index < -0.39 is 0 Å². The lowest BCUT2D eigenvalue weighted by Crippen LogP contribution is -2.27. The summed E-state index contributed by atoms with van der Waals surface area (Å²) in [6, 6.07) is 0. The highest BCUT2D eigenvalue weighted by molar-refractivity contribution is 5.78. The molecule has 114 valence electrons. The lowest BCUT2D eigenvalue weighted by atomic mass is 10.1. The van der Waals surface area contributed by atoms with E-state index in [0.717, 1.165) is 6.42 Å². The topological polar surface area (TPSA) is 108 Å². The number of nitrogens with zero attached hydrogens (tertiary/aromatic N) is 4. The van der Waals surface area contributed by atoms with Crippen molar-refractivity contribution in [2.75, 3.05) is 52.7 Å². The molecule has 0 aromatic carbocycles. The van der Waals surface area contributed by atoms with Gasteiger partial charge in [-0.3, -0.25) is 4.79 Å². The van der Waals surface area contributed by atoms with Gasteiger partial charge in [0.25, 0.3) is 0 Å². The van der Waals surface area contributed by atoms with Gasteiger partial charge in [0.1, 0.15) is 0 Å². The predicted molar refractivity (Wildman–Crippen MR) is 72.0 cm³/mol. The summed E-state index contributed by atoms with van der Waals surface area (Å²) >= 11 is 0. The molecule has 1 N–H and O–H groups in total. The third-order valence-electron chi connectivity index (χ3n) is 3.02. The average molecular weight is 286 g/mol. The highest BCUT2D eigenvalue weighted by atomic mass is 16.5. The van der Waals surface area contributed by atoms with Crippen molar-refractivity contribution in [3.8, 4) is 0 Å². The van der Waals surface area contributed by atoms with Crippen molar-refractivity contribution in [3.05, 3.63) is 10.4 Å². The Kier molecular flexibility index (Phi) is 8.73. The zero-order chi connectivity index (χ0) is 14.6. The fourth-order valence-electron chi connectivity index (χ4n) is 2.09. The van der Waals surface area contributed by atoms with Crippen molar-refractivity contribution in [2.24, 2.45) is 11.0 Å². The Morgan fingerprint density at radius 1 is 1.35 bits per heavy atom. The van der Waals surface area contributed by atoms with Gasteiger partial charge in [0, 0.05) is 37.6 Å². The van der Waals surface area contributed by atoms with E-state index in [1.54, 1.807) is 4.90 Å². The van der Waals surface area contributed by atoms with Gasteiger partial charge in [-0.25, -0.2) is 0 Å². The first-order chi connectivity index (χ1) is 9.77. The van der Waals surface area contributed by atoms with Gasteiger partial charge < -0.3 is 19.5 Å². The molecule has 1 unspecified atom stereocenters. The van der Waals surface area contributed by atoms with Crippen LogP contribution in [0.1, 0.15) is 12.8 Å². The minimum Gasteiger partial charge on any atom is -0.394 e. The summed E-state index contributed by atoms with van der Waals surface area (Å²) in [6.07, 6.45) is 1.24. The fourth-order valence-corrected chi connectivity index (χ4v) is 2.09. The van der Waals surface area contributed by atoms with Gasteiger partial charge >= 0.3 is 0 Å². The number of carbonyl (C=O) groups excluding carboxylic acids is 1. The summed E-state index contributed by atoms with van der Waals surface area (Å²) in [5.74, 6) is 0.264. The Morgan fingerprint density at radius 3 is 2.80 bits per heavy atom. The van der Waals surface area contributed by atoms with Crippen LogP contribution in [0.2, 0.25) is 0 Å². The molecule has 1 fully saturated rings. The maximum atomic E-state index is 11.7. The molecule has 1 heterocycles. The molecule has 0 saturated carbocycles. The minimum atomic E-state index is 0.0219. The molecule has 1 aliphatic heterocycles. The van der Waals surface area contributed by atoms with E-state index in [0.29, 0.717) is 52.5 Å². The normalized spacial score (nSPS) is 18.4. The Labute approximate surface area is 118 Å². The van der Waals surface area contributed by atoms with E-state index in [-0.39, 0.29) is 18.4 Å². The maximum absolute atomic E-state index is 11.7. The third-order valence-corrected chi connectivity index (χ3v) is 3.02. The van der Waals surface area contributed by atoms with E-state index in [1.165, 1.54) is 0 Å². The summed E-state index contributed by atoms with van der Waals surface area (Å²) in [4.78, 5) is 16.2. The number of hydrogen-bond donors (Lipinski definition) is 1. The molecule has 8 heteroatoms. The molecule has 0 bridgehead atoms. The highest BCUT2D eigenvalue weighted by Gasteiger charge is 2.28. The van der Waals surface area contributed by atoms with Crippen LogP contribution in [0.5, 0.6) is 0 Å². The quantitative estimate of drug-likeness (QED) is 0.259. The molecule has 0 radical (unpaired) electrons. The van der Waals surface area contributed by atoms with E-state index >= 15 is 0 Å². The van der Waals surface area contributed by atoms with E-state index in [9.17, 15) is 4.79 Å². The van der Waals surface area contributed by atoms with Crippen molar-refractivity contribution in [2.45, 2.75) is 12.8 Å². The Bertz CT molecular complexity index is 333. The Balaban J connectivity index is 2.01. The van der Waals surface area contributed by atoms with E-state index in [2.05, 4.69) is 10.0 Å². The summed E-state index contributed by atoms with van der Waals surface area (Å²) < 4.78 is 10.4. The van der Waals surface area contributed by atoms with Crippen LogP contribution < -0.4 is 0 Å². The van der Waals surface area contributed by atoms with Gasteiger partial charge in [0.15, 0.2) is 0 Å². The lowest BCUT2D eigenvalue weighted by molar-refractivity contribution is -0.127. The van der Waals surface area contributed by atoms with Crippen LogP contribution in [-0.2, 0) is 14.3 Å². The summed E-state index contributed by atoms with van der Waals surface area (Å²) in [5.41, 5.74) is 8.26. The zero-order valence-corrected chi connectivity index (χ0v) is 11.6. The number of rotatable bonds is 11. The number of amides is 1. The molecule has 1 atom stereocenters. The van der Waals surface area contributed by atoms with Crippen molar-refractivity contribution >= 4 is 5.91 Å². The Hall–Kier alpha value is -1.34. The summed E-state index contributed by atoms with van der Waals surface area (Å²) in [5, 5.41) is 12.0. The van der Waals surface area contributed by atoms with Crippen LogP contribution >= 0.6 is 0 Å². The predicted octanol–water partition coefficient (Wildman–Crippen LogP) is 0.561. The molecule has 20 heavy (non-hydrogen) atoms. The van der Waals surface area contributed by atoms with Crippen LogP contribution in [0.3, 0.4) is 0 Å². The van der Waals surface area contributed by atoms with Gasteiger partial charge in [-0.2, -0.15) is 0 Å². The second-order valence-corrected chi connectivity index (χ2v) is 4.63. The van der Waals surface area contributed by atoms with Crippen LogP contribution in [0.4, 0.5) is 0 Å². The van der Waals surface area contributed by atoms with Gasteiger partial charge in [-0.15, -0.1) is 0 Å². The average Bonchev–Trinajstić information content (AvgIpc) is 2.80. The second-order valence-electron chi connectivity index (χ2n) is 4.63. The largest absolute Gasteiger partial charge is 0.394 e. The highest BCUT2D eigenvalue weighted by Crippen LogP contribution is 2.18. The SMILES string of the molecule is [N-]=[N+]=NCC1CC(=O)N(CCCOCCOCCO)C1. The number of ether oxygens (including phenoxy) is 2. The number of aliphatic hydroxyl groups excluding tert-OH is 1. The van der Waals surface area contributed by atoms with Gasteiger partial charge in [0.05, 0.1) is 26.4 Å². The zero-order valence-electron chi connectivity index (χ0n) is 11.6. The number of aliphatic hydroxyl groups is 1. The van der Waals surface area contributed by atoms with Crippen LogP contribution in [0.15, 0.2) is 5.11 Å². The first-order valence-corrected chi connectivity index (χ1v) is 6.83. The van der Waals surface area contributed by atoms with Crippen LogP contribution in [-0.4, -0.2) is 68.6 Å². The van der Waals surface area contributed by atoms with Gasteiger partial charge in [0.2, 0.25) is 5.91 Å². The number of hydrogen-bond acceptors (Lipinski definition) is 5. The van der Waals surface area contributed by atoms with E-state index in [1.807, 2.05) is 0 Å². The van der Waals surface area contributed by atoms with Crippen molar-refractivity contribution in [3.63, 3.8) is 0 Å². The summed E-state index contributed by atoms with van der Waals surface area (Å²) in [6.45, 7) is 3.61. The van der Waals surface area contributed by atoms with Gasteiger partial charge in [-0.05, 0) is 17.9 Å². The molecule has 0 aromatic rings. The first-order valence-electron chi connectivity index (χ1n) is 6.83.